The van der Waals surface area contributed by atoms with Gasteiger partial charge in [-0.3, -0.25) is 4.98 Å². The van der Waals surface area contributed by atoms with E-state index in [2.05, 4.69) is 21.3 Å². The van der Waals surface area contributed by atoms with Crippen molar-refractivity contribution in [2.75, 3.05) is 68.2 Å². The van der Waals surface area contributed by atoms with Crippen LogP contribution < -0.4 is 25.6 Å². The van der Waals surface area contributed by atoms with Gasteiger partial charge in [0.05, 0.1) is 28.4 Å². The molecule has 9 nitrogen and oxygen atoms in total. The number of fused-ring (bicyclic) bond motifs is 2. The lowest BCUT2D eigenvalue weighted by molar-refractivity contribution is -0.153. The largest absolute Gasteiger partial charge is 0.482 e. The SMILES string of the molecule is Cc1ccc2c(n1)C1(CCCC1)CN2c1ccnc(Nc2cc(N)c(N(C)CCN(C)C)cc2OCC(F)(F)F)n1. The molecule has 1 saturated carbocycles. The van der Waals surface area contributed by atoms with Crippen molar-refractivity contribution in [1.82, 2.24) is 19.9 Å². The van der Waals surface area contributed by atoms with Crippen LogP contribution in [0.4, 0.5) is 47.7 Å². The highest BCUT2D eigenvalue weighted by atomic mass is 19.4. The number of alkyl halides is 3. The van der Waals surface area contributed by atoms with Gasteiger partial charge < -0.3 is 30.5 Å². The quantitative estimate of drug-likeness (QED) is 0.328. The molecule has 3 N–H and O–H groups in total. The third-order valence-corrected chi connectivity index (χ3v) is 7.81. The minimum atomic E-state index is -4.50. The van der Waals surface area contributed by atoms with Crippen molar-refractivity contribution in [3.63, 3.8) is 0 Å². The number of nitrogens with zero attached hydrogens (tertiary/aromatic N) is 6. The summed E-state index contributed by atoms with van der Waals surface area (Å²) in [4.78, 5) is 20.1. The maximum absolute atomic E-state index is 13.1. The molecule has 1 spiro atoms. The topological polar surface area (TPSA) is 95.7 Å². The number of aromatic nitrogens is 3. The lowest BCUT2D eigenvalue weighted by Gasteiger charge is -2.25. The molecule has 0 radical (unpaired) electrons. The molecular formula is C29H37F3N8O. The van der Waals surface area contributed by atoms with E-state index in [9.17, 15) is 13.2 Å². The second-order valence-electron chi connectivity index (χ2n) is 11.3. The predicted octanol–water partition coefficient (Wildman–Crippen LogP) is 5.41. The Morgan fingerprint density at radius 1 is 1.07 bits per heavy atom. The Morgan fingerprint density at radius 3 is 2.54 bits per heavy atom. The van der Waals surface area contributed by atoms with Crippen molar-refractivity contribution in [3.8, 4) is 5.75 Å². The van der Waals surface area contributed by atoms with Crippen LogP contribution in [0, 0.1) is 6.92 Å². The standard InChI is InChI=1S/C29H37F3N8O/c1-19-7-8-22-26(35-19)28(10-5-6-11-28)17-40(22)25-9-12-34-27(37-25)36-21-15-20(33)23(39(4)14-13-38(2)3)16-24(21)41-18-29(30,31)32/h7-9,12,15-16H,5-6,10-11,13-14,17-18,33H2,1-4H3,(H,34,36,37). The Morgan fingerprint density at radius 2 is 1.83 bits per heavy atom. The summed E-state index contributed by atoms with van der Waals surface area (Å²) in [5, 5.41) is 3.06. The van der Waals surface area contributed by atoms with Gasteiger partial charge in [-0.1, -0.05) is 12.8 Å². The number of hydrogen-bond acceptors (Lipinski definition) is 9. The van der Waals surface area contributed by atoms with E-state index in [1.165, 1.54) is 18.9 Å². The molecule has 220 valence electrons. The molecule has 3 aromatic rings. The van der Waals surface area contributed by atoms with Crippen LogP contribution in [0.15, 0.2) is 36.5 Å². The molecule has 0 amide bonds. The van der Waals surface area contributed by atoms with Crippen LogP contribution in [0.1, 0.15) is 37.1 Å². The Hall–Kier alpha value is -3.80. The molecule has 2 aromatic heterocycles. The van der Waals surface area contributed by atoms with E-state index in [4.69, 9.17) is 20.4 Å². The molecule has 1 aliphatic heterocycles. The molecule has 12 heteroatoms. The molecule has 1 aromatic carbocycles. The highest BCUT2D eigenvalue weighted by molar-refractivity contribution is 5.79. The lowest BCUT2D eigenvalue weighted by Crippen LogP contribution is -2.29. The second-order valence-corrected chi connectivity index (χ2v) is 11.3. The van der Waals surface area contributed by atoms with Crippen LogP contribution in [0.5, 0.6) is 5.75 Å². The molecule has 0 saturated heterocycles. The van der Waals surface area contributed by atoms with E-state index in [-0.39, 0.29) is 22.8 Å². The van der Waals surface area contributed by atoms with Gasteiger partial charge in [-0.25, -0.2) is 4.98 Å². The first kappa shape index (κ1) is 28.7. The summed E-state index contributed by atoms with van der Waals surface area (Å²) in [6.07, 6.45) is 1.63. The van der Waals surface area contributed by atoms with Gasteiger partial charge in [0.2, 0.25) is 5.95 Å². The molecule has 41 heavy (non-hydrogen) atoms. The van der Waals surface area contributed by atoms with Crippen LogP contribution in [0.2, 0.25) is 0 Å². The molecule has 0 atom stereocenters. The Labute approximate surface area is 238 Å². The monoisotopic (exact) mass is 570 g/mol. The van der Waals surface area contributed by atoms with Gasteiger partial charge in [-0.2, -0.15) is 18.2 Å². The number of hydrogen-bond donors (Lipinski definition) is 2. The number of rotatable bonds is 9. The Kier molecular flexibility index (Phi) is 7.87. The van der Waals surface area contributed by atoms with E-state index in [0.29, 0.717) is 23.7 Å². The van der Waals surface area contributed by atoms with Gasteiger partial charge in [0.25, 0.3) is 0 Å². The number of halogens is 3. The normalized spacial score (nSPS) is 16.0. The maximum atomic E-state index is 13.1. The summed E-state index contributed by atoms with van der Waals surface area (Å²) < 4.78 is 44.6. The molecule has 0 unspecified atom stereocenters. The summed E-state index contributed by atoms with van der Waals surface area (Å²) in [7, 11) is 5.73. The highest BCUT2D eigenvalue weighted by Crippen LogP contribution is 2.51. The first-order valence-electron chi connectivity index (χ1n) is 13.8. The van der Waals surface area contributed by atoms with Gasteiger partial charge in [0.1, 0.15) is 11.6 Å². The maximum Gasteiger partial charge on any atom is 0.422 e. The zero-order valence-corrected chi connectivity index (χ0v) is 23.9. The Bertz CT molecular complexity index is 1390. The summed E-state index contributed by atoms with van der Waals surface area (Å²) in [6, 6.07) is 9.02. The molecule has 1 aliphatic carbocycles. The minimum Gasteiger partial charge on any atom is -0.482 e. The van der Waals surface area contributed by atoms with Crippen molar-refractivity contribution in [1.29, 1.82) is 0 Å². The number of ether oxygens (including phenoxy) is 1. The smallest absolute Gasteiger partial charge is 0.422 e. The van der Waals surface area contributed by atoms with Gasteiger partial charge in [-0.15, -0.1) is 0 Å². The number of nitrogens with two attached hydrogens (primary N) is 1. The zero-order chi connectivity index (χ0) is 29.4. The first-order chi connectivity index (χ1) is 19.4. The molecular weight excluding hydrogens is 533 g/mol. The molecule has 2 aliphatic rings. The zero-order valence-electron chi connectivity index (χ0n) is 23.9. The minimum absolute atomic E-state index is 0.00138. The van der Waals surface area contributed by atoms with E-state index < -0.39 is 12.8 Å². The van der Waals surface area contributed by atoms with Gasteiger partial charge >= 0.3 is 6.18 Å². The first-order valence-corrected chi connectivity index (χ1v) is 13.8. The number of anilines is 6. The number of likely N-dealkylation sites (N-methyl/N-ethyl adjacent to an activating group) is 2. The van der Waals surface area contributed by atoms with Gasteiger partial charge in [0.15, 0.2) is 6.61 Å². The third-order valence-electron chi connectivity index (χ3n) is 7.81. The second kappa shape index (κ2) is 11.2. The molecule has 1 fully saturated rings. The third kappa shape index (κ3) is 6.27. The summed E-state index contributed by atoms with van der Waals surface area (Å²) in [6.45, 7) is 2.71. The van der Waals surface area contributed by atoms with Crippen molar-refractivity contribution < 1.29 is 17.9 Å². The van der Waals surface area contributed by atoms with Crippen molar-refractivity contribution in [2.24, 2.45) is 0 Å². The fraction of sp³-hybridized carbons (Fsp3) is 0.483. The fourth-order valence-corrected chi connectivity index (χ4v) is 5.71. The number of nitrogen functional groups attached to an aromatic ring is 1. The van der Waals surface area contributed by atoms with Crippen molar-refractivity contribution in [3.05, 3.63) is 47.9 Å². The van der Waals surface area contributed by atoms with E-state index in [1.54, 1.807) is 12.3 Å². The summed E-state index contributed by atoms with van der Waals surface area (Å²) >= 11 is 0. The number of aryl methyl sites for hydroxylation is 1. The number of nitrogens with one attached hydrogen (secondary N) is 1. The predicted molar refractivity (Wildman–Crippen MR) is 156 cm³/mol. The lowest BCUT2D eigenvalue weighted by atomic mass is 9.84. The van der Waals surface area contributed by atoms with Crippen molar-refractivity contribution in [2.45, 2.75) is 44.2 Å². The van der Waals surface area contributed by atoms with Crippen LogP contribution in [0.3, 0.4) is 0 Å². The fourth-order valence-electron chi connectivity index (χ4n) is 5.71. The number of benzene rings is 1. The van der Waals surface area contributed by atoms with Gasteiger partial charge in [0, 0.05) is 50.1 Å². The Balaban J connectivity index is 1.45. The molecule has 3 heterocycles. The van der Waals surface area contributed by atoms with E-state index in [0.717, 1.165) is 43.0 Å². The molecule has 0 bridgehead atoms. The van der Waals surface area contributed by atoms with Crippen LogP contribution >= 0.6 is 0 Å². The average Bonchev–Trinajstić information content (AvgIpc) is 3.51. The highest BCUT2D eigenvalue weighted by Gasteiger charge is 2.46. The van der Waals surface area contributed by atoms with Crippen LogP contribution in [0.25, 0.3) is 0 Å². The van der Waals surface area contributed by atoms with Crippen LogP contribution in [-0.2, 0) is 5.41 Å². The van der Waals surface area contributed by atoms with E-state index in [1.807, 2.05) is 50.0 Å². The number of pyridine rings is 1. The summed E-state index contributed by atoms with van der Waals surface area (Å²) in [5.41, 5.74) is 10.7. The van der Waals surface area contributed by atoms with Crippen LogP contribution in [-0.4, -0.2) is 73.4 Å². The molecule has 5 rings (SSSR count). The van der Waals surface area contributed by atoms with Crippen molar-refractivity contribution >= 4 is 34.5 Å². The summed E-state index contributed by atoms with van der Waals surface area (Å²) in [5.74, 6) is 0.916. The van der Waals surface area contributed by atoms with E-state index >= 15 is 0 Å². The average molecular weight is 571 g/mol. The van der Waals surface area contributed by atoms with Gasteiger partial charge in [-0.05, 0) is 58.1 Å².